The normalized spacial score (nSPS) is 12.5. The van der Waals surface area contributed by atoms with Crippen LogP contribution in [0.15, 0.2) is 30.6 Å². The number of alkyl halides is 1. The second-order valence-electron chi connectivity index (χ2n) is 4.80. The highest BCUT2D eigenvalue weighted by Crippen LogP contribution is 2.31. The summed E-state index contributed by atoms with van der Waals surface area (Å²) in [4.78, 5) is 8.66. The molecule has 2 aromatic heterocycles. The third-order valence-electron chi connectivity index (χ3n) is 3.56. The molecule has 3 heterocycles. The number of fused-ring (bicyclic) bond motifs is 5. The third kappa shape index (κ3) is 1.44. The summed E-state index contributed by atoms with van der Waals surface area (Å²) in [6, 6.07) is 7.91. The molecule has 0 bridgehead atoms. The molecule has 100 valence electrons. The van der Waals surface area contributed by atoms with E-state index in [2.05, 4.69) is 15.1 Å². The monoisotopic (exact) mass is 269 g/mol. The van der Waals surface area contributed by atoms with Crippen LogP contribution in [-0.4, -0.2) is 24.3 Å². The summed E-state index contributed by atoms with van der Waals surface area (Å²) in [5.41, 5.74) is 3.22. The second kappa shape index (κ2) is 4.00. The van der Waals surface area contributed by atoms with Crippen molar-refractivity contribution in [1.82, 2.24) is 24.3 Å². The largest absolute Gasteiger partial charge is 0.300 e. The molecule has 20 heavy (non-hydrogen) atoms. The van der Waals surface area contributed by atoms with Gasteiger partial charge in [0.25, 0.3) is 0 Å². The standard InChI is InChI=1S/C14H12FN5/c1-9-17-14-10-4-2-3-5-12(10)19-8-16-11(6-15)13(19)7-20(14)18-9/h2-5,8H,6-7H2,1H3. The number of hydrogen-bond donors (Lipinski definition) is 0. The molecule has 0 saturated carbocycles. The van der Waals surface area contributed by atoms with E-state index in [4.69, 9.17) is 0 Å². The Bertz CT molecular complexity index is 802. The maximum absolute atomic E-state index is 13.1. The maximum Gasteiger partial charge on any atom is 0.160 e. The number of para-hydroxylation sites is 1. The van der Waals surface area contributed by atoms with Crippen molar-refractivity contribution in [2.75, 3.05) is 0 Å². The van der Waals surface area contributed by atoms with Gasteiger partial charge in [-0.3, -0.25) is 0 Å². The summed E-state index contributed by atoms with van der Waals surface area (Å²) in [5.74, 6) is 1.52. The minimum atomic E-state index is -0.576. The van der Waals surface area contributed by atoms with E-state index in [1.807, 2.05) is 40.4 Å². The van der Waals surface area contributed by atoms with Gasteiger partial charge in [0.2, 0.25) is 0 Å². The van der Waals surface area contributed by atoms with Gasteiger partial charge in [0, 0.05) is 5.56 Å². The Kier molecular flexibility index (Phi) is 2.26. The third-order valence-corrected chi connectivity index (χ3v) is 3.56. The number of benzene rings is 1. The van der Waals surface area contributed by atoms with Gasteiger partial charge in [0.1, 0.15) is 12.5 Å². The summed E-state index contributed by atoms with van der Waals surface area (Å²) in [5, 5.41) is 4.41. The molecule has 6 heteroatoms. The molecule has 3 aromatic rings. The smallest absolute Gasteiger partial charge is 0.160 e. The minimum absolute atomic E-state index is 0.459. The number of hydrogen-bond acceptors (Lipinski definition) is 3. The number of nitrogens with zero attached hydrogens (tertiary/aromatic N) is 5. The summed E-state index contributed by atoms with van der Waals surface area (Å²) in [6.45, 7) is 1.76. The summed E-state index contributed by atoms with van der Waals surface area (Å²) < 4.78 is 16.9. The zero-order valence-corrected chi connectivity index (χ0v) is 10.9. The lowest BCUT2D eigenvalue weighted by molar-refractivity contribution is 0.471. The van der Waals surface area contributed by atoms with E-state index in [0.29, 0.717) is 18.1 Å². The molecule has 0 saturated heterocycles. The zero-order valence-electron chi connectivity index (χ0n) is 10.9. The van der Waals surface area contributed by atoms with E-state index in [1.54, 1.807) is 6.33 Å². The van der Waals surface area contributed by atoms with E-state index < -0.39 is 6.67 Å². The first-order chi connectivity index (χ1) is 9.78. The average molecular weight is 269 g/mol. The predicted molar refractivity (Wildman–Crippen MR) is 71.2 cm³/mol. The lowest BCUT2D eigenvalue weighted by atomic mass is 10.1. The van der Waals surface area contributed by atoms with Crippen LogP contribution in [0.5, 0.6) is 0 Å². The Morgan fingerprint density at radius 2 is 2.15 bits per heavy atom. The highest BCUT2D eigenvalue weighted by molar-refractivity contribution is 5.69. The Labute approximate surface area is 114 Å². The Morgan fingerprint density at radius 3 is 3.00 bits per heavy atom. The molecule has 0 atom stereocenters. The van der Waals surface area contributed by atoms with Crippen LogP contribution in [0.2, 0.25) is 0 Å². The summed E-state index contributed by atoms with van der Waals surface area (Å²) in [7, 11) is 0. The van der Waals surface area contributed by atoms with Crippen molar-refractivity contribution in [2.45, 2.75) is 20.1 Å². The number of rotatable bonds is 1. The molecular formula is C14H12FN5. The van der Waals surface area contributed by atoms with Gasteiger partial charge in [-0.15, -0.1) is 0 Å². The molecule has 0 N–H and O–H groups in total. The lowest BCUT2D eigenvalue weighted by Crippen LogP contribution is -2.06. The van der Waals surface area contributed by atoms with Crippen LogP contribution in [0.25, 0.3) is 17.1 Å². The van der Waals surface area contributed by atoms with Crippen molar-refractivity contribution in [3.05, 3.63) is 47.8 Å². The first-order valence-corrected chi connectivity index (χ1v) is 6.40. The topological polar surface area (TPSA) is 48.5 Å². The molecule has 5 nitrogen and oxygen atoms in total. The maximum atomic E-state index is 13.1. The van der Waals surface area contributed by atoms with Crippen LogP contribution >= 0.6 is 0 Å². The van der Waals surface area contributed by atoms with Gasteiger partial charge in [0.05, 0.1) is 29.9 Å². The molecule has 0 spiro atoms. The first-order valence-electron chi connectivity index (χ1n) is 6.40. The molecule has 1 aliphatic heterocycles. The Hall–Kier alpha value is -2.50. The minimum Gasteiger partial charge on any atom is -0.300 e. The number of aryl methyl sites for hydroxylation is 1. The molecular weight excluding hydrogens is 257 g/mol. The van der Waals surface area contributed by atoms with E-state index in [9.17, 15) is 4.39 Å². The van der Waals surface area contributed by atoms with Gasteiger partial charge in [-0.2, -0.15) is 5.10 Å². The van der Waals surface area contributed by atoms with Crippen LogP contribution in [0.3, 0.4) is 0 Å². The van der Waals surface area contributed by atoms with Gasteiger partial charge in [-0.25, -0.2) is 19.0 Å². The Balaban J connectivity index is 2.08. The average Bonchev–Trinajstić information content (AvgIpc) is 3.00. The van der Waals surface area contributed by atoms with Gasteiger partial charge < -0.3 is 4.57 Å². The van der Waals surface area contributed by atoms with Crippen molar-refractivity contribution >= 4 is 0 Å². The lowest BCUT2D eigenvalue weighted by Gasteiger charge is -2.07. The summed E-state index contributed by atoms with van der Waals surface area (Å²) in [6.07, 6.45) is 1.67. The van der Waals surface area contributed by atoms with Crippen molar-refractivity contribution in [1.29, 1.82) is 0 Å². The molecule has 1 aliphatic rings. The van der Waals surface area contributed by atoms with Gasteiger partial charge in [-0.1, -0.05) is 12.1 Å². The fraction of sp³-hybridized carbons (Fsp3) is 0.214. The number of halogens is 1. The van der Waals surface area contributed by atoms with Crippen molar-refractivity contribution in [2.24, 2.45) is 0 Å². The molecule has 0 fully saturated rings. The first kappa shape index (κ1) is 11.3. The summed E-state index contributed by atoms with van der Waals surface area (Å²) >= 11 is 0. The molecule has 0 radical (unpaired) electrons. The highest BCUT2D eigenvalue weighted by atomic mass is 19.1. The van der Waals surface area contributed by atoms with Crippen molar-refractivity contribution in [3.8, 4) is 17.1 Å². The van der Waals surface area contributed by atoms with Gasteiger partial charge >= 0.3 is 0 Å². The zero-order chi connectivity index (χ0) is 13.7. The van der Waals surface area contributed by atoms with E-state index >= 15 is 0 Å². The van der Waals surface area contributed by atoms with Gasteiger partial charge in [-0.05, 0) is 19.1 Å². The SMILES string of the molecule is Cc1nc2n(n1)Cc1c(CF)ncn1-c1ccccc1-2. The molecule has 0 amide bonds. The predicted octanol–water partition coefficient (Wildman–Crippen LogP) is 2.27. The highest BCUT2D eigenvalue weighted by Gasteiger charge is 2.23. The van der Waals surface area contributed by atoms with Gasteiger partial charge in [0.15, 0.2) is 5.82 Å². The van der Waals surface area contributed by atoms with E-state index in [1.165, 1.54) is 0 Å². The van der Waals surface area contributed by atoms with Crippen LogP contribution in [-0.2, 0) is 13.2 Å². The van der Waals surface area contributed by atoms with E-state index in [0.717, 1.165) is 22.8 Å². The number of aromatic nitrogens is 5. The molecule has 0 unspecified atom stereocenters. The second-order valence-corrected chi connectivity index (χ2v) is 4.80. The van der Waals surface area contributed by atoms with Crippen molar-refractivity contribution in [3.63, 3.8) is 0 Å². The fourth-order valence-corrected chi connectivity index (χ4v) is 2.68. The van der Waals surface area contributed by atoms with Crippen LogP contribution in [0, 0.1) is 6.92 Å². The van der Waals surface area contributed by atoms with Crippen LogP contribution in [0.4, 0.5) is 4.39 Å². The Morgan fingerprint density at radius 1 is 1.30 bits per heavy atom. The van der Waals surface area contributed by atoms with Crippen molar-refractivity contribution < 1.29 is 4.39 Å². The quantitative estimate of drug-likeness (QED) is 0.532. The fourth-order valence-electron chi connectivity index (χ4n) is 2.68. The van der Waals surface area contributed by atoms with Crippen LogP contribution in [0.1, 0.15) is 17.2 Å². The molecule has 1 aromatic carbocycles. The van der Waals surface area contributed by atoms with Crippen LogP contribution < -0.4 is 0 Å². The molecule has 0 aliphatic carbocycles. The molecule has 4 rings (SSSR count). The van der Waals surface area contributed by atoms with E-state index in [-0.39, 0.29) is 0 Å². The number of imidazole rings is 1.